The van der Waals surface area contributed by atoms with Crippen LogP contribution in [-0.2, 0) is 12.8 Å². The minimum absolute atomic E-state index is 0.0464. The van der Waals surface area contributed by atoms with Crippen LogP contribution >= 0.6 is 27.3 Å². The molecule has 26 heavy (non-hydrogen) atoms. The number of amides is 1. The minimum atomic E-state index is -0.425. The number of fused-ring (bicyclic) bond motifs is 3. The van der Waals surface area contributed by atoms with Gasteiger partial charge in [0.2, 0.25) is 0 Å². The van der Waals surface area contributed by atoms with E-state index in [1.165, 1.54) is 10.4 Å². The number of thiophene rings is 1. The molecule has 0 spiro atoms. The molecule has 0 saturated carbocycles. The number of hydrogen-bond acceptors (Lipinski definition) is 4. The van der Waals surface area contributed by atoms with Gasteiger partial charge in [0.1, 0.15) is 16.9 Å². The molecule has 2 aromatic rings. The summed E-state index contributed by atoms with van der Waals surface area (Å²) < 4.78 is 0.866. The maximum atomic E-state index is 12.8. The van der Waals surface area contributed by atoms with Gasteiger partial charge in [-0.1, -0.05) is 36.7 Å². The first-order chi connectivity index (χ1) is 12.2. The molecule has 1 aromatic heterocycles. The van der Waals surface area contributed by atoms with Crippen molar-refractivity contribution in [3.05, 3.63) is 44.2 Å². The number of carbonyl (C=O) groups is 1. The van der Waals surface area contributed by atoms with Crippen LogP contribution in [0.5, 0.6) is 5.75 Å². The Morgan fingerprint density at radius 2 is 2.04 bits per heavy atom. The molecule has 1 aromatic carbocycles. The number of aromatic hydroxyl groups is 1. The Labute approximate surface area is 166 Å². The molecule has 2 aliphatic rings. The number of rotatable bonds is 1. The Kier molecular flexibility index (Phi) is 4.31. The van der Waals surface area contributed by atoms with Gasteiger partial charge in [0.15, 0.2) is 0 Å². The number of carbonyl (C=O) groups excluding carboxylic acids is 1. The average Bonchev–Trinajstić information content (AvgIpc) is 2.94. The Bertz CT molecular complexity index is 885. The number of phenols is 1. The topological polar surface area (TPSA) is 61.4 Å². The van der Waals surface area contributed by atoms with Crippen LogP contribution in [0.1, 0.15) is 59.7 Å². The predicted molar refractivity (Wildman–Crippen MR) is 109 cm³/mol. The van der Waals surface area contributed by atoms with Gasteiger partial charge in [-0.15, -0.1) is 11.3 Å². The number of hydrogen-bond donors (Lipinski definition) is 3. The van der Waals surface area contributed by atoms with Gasteiger partial charge < -0.3 is 15.7 Å². The van der Waals surface area contributed by atoms with E-state index < -0.39 is 6.17 Å². The highest BCUT2D eigenvalue weighted by Gasteiger charge is 2.36. The standard InChI is InChI=1S/C20H23BrN2O2S/c1-20(2,3)10-4-6-12-15(8-10)26-19-16(12)18(25)22-17(23-19)13-9-11(21)5-7-14(13)24/h5,7,9-10,17,23-24H,4,6,8H2,1-3H3,(H,22,25)/t10-,17-/m1/s1. The van der Waals surface area contributed by atoms with E-state index in [0.29, 0.717) is 11.5 Å². The molecule has 3 N–H and O–H groups in total. The molecule has 1 aliphatic carbocycles. The van der Waals surface area contributed by atoms with Gasteiger partial charge >= 0.3 is 0 Å². The van der Waals surface area contributed by atoms with Crippen LogP contribution in [-0.4, -0.2) is 11.0 Å². The summed E-state index contributed by atoms with van der Waals surface area (Å²) in [5.41, 5.74) is 2.97. The quantitative estimate of drug-likeness (QED) is 0.576. The van der Waals surface area contributed by atoms with Crippen molar-refractivity contribution in [2.45, 2.75) is 46.2 Å². The predicted octanol–water partition coefficient (Wildman–Crippen LogP) is 5.22. The van der Waals surface area contributed by atoms with Gasteiger partial charge in [-0.2, -0.15) is 0 Å². The SMILES string of the molecule is CC(C)(C)[C@@H]1CCc2c(sc3c2C(=O)N[C@@H](c2cc(Br)ccc2O)N3)C1. The summed E-state index contributed by atoms with van der Waals surface area (Å²) in [5.74, 6) is 0.765. The monoisotopic (exact) mass is 434 g/mol. The zero-order chi connectivity index (χ0) is 18.6. The average molecular weight is 435 g/mol. The van der Waals surface area contributed by atoms with Crippen LogP contribution in [0.15, 0.2) is 22.7 Å². The third-order valence-electron chi connectivity index (χ3n) is 5.57. The smallest absolute Gasteiger partial charge is 0.256 e. The number of benzene rings is 1. The molecule has 1 amide bonds. The molecule has 0 unspecified atom stereocenters. The largest absolute Gasteiger partial charge is 0.508 e. The number of anilines is 1. The summed E-state index contributed by atoms with van der Waals surface area (Å²) in [6.07, 6.45) is 2.71. The Balaban J connectivity index is 1.68. The van der Waals surface area contributed by atoms with Crippen molar-refractivity contribution < 1.29 is 9.90 Å². The summed E-state index contributed by atoms with van der Waals surface area (Å²) >= 11 is 5.14. The van der Waals surface area contributed by atoms with E-state index in [1.54, 1.807) is 23.5 Å². The van der Waals surface area contributed by atoms with Gasteiger partial charge in [-0.05, 0) is 54.4 Å². The fraction of sp³-hybridized carbons (Fsp3) is 0.450. The first-order valence-corrected chi connectivity index (χ1v) is 10.6. The summed E-state index contributed by atoms with van der Waals surface area (Å²) in [6, 6.07) is 5.25. The third kappa shape index (κ3) is 3.03. The highest BCUT2D eigenvalue weighted by molar-refractivity contribution is 9.10. The summed E-state index contributed by atoms with van der Waals surface area (Å²) in [5, 5.41) is 17.6. The Hall–Kier alpha value is -1.53. The summed E-state index contributed by atoms with van der Waals surface area (Å²) in [4.78, 5) is 14.2. The van der Waals surface area contributed by atoms with Crippen molar-refractivity contribution >= 4 is 38.2 Å². The molecular formula is C20H23BrN2O2S. The van der Waals surface area contributed by atoms with Crippen molar-refractivity contribution in [3.63, 3.8) is 0 Å². The second-order valence-electron chi connectivity index (χ2n) is 8.27. The highest BCUT2D eigenvalue weighted by Crippen LogP contribution is 2.46. The van der Waals surface area contributed by atoms with E-state index in [1.807, 2.05) is 6.07 Å². The van der Waals surface area contributed by atoms with Gasteiger partial charge in [0, 0.05) is 14.9 Å². The third-order valence-corrected chi connectivity index (χ3v) is 7.25. The van der Waals surface area contributed by atoms with Gasteiger partial charge in [-0.25, -0.2) is 0 Å². The fourth-order valence-electron chi connectivity index (χ4n) is 3.95. The van der Waals surface area contributed by atoms with Crippen molar-refractivity contribution in [3.8, 4) is 5.75 Å². The Morgan fingerprint density at radius 3 is 2.77 bits per heavy atom. The van der Waals surface area contributed by atoms with E-state index in [-0.39, 0.29) is 17.1 Å². The summed E-state index contributed by atoms with van der Waals surface area (Å²) in [6.45, 7) is 6.90. The van der Waals surface area contributed by atoms with E-state index in [2.05, 4.69) is 47.3 Å². The van der Waals surface area contributed by atoms with Gasteiger partial charge in [-0.3, -0.25) is 4.79 Å². The van der Waals surface area contributed by atoms with E-state index in [4.69, 9.17) is 0 Å². The lowest BCUT2D eigenvalue weighted by molar-refractivity contribution is 0.0934. The number of halogens is 1. The molecule has 2 heterocycles. The zero-order valence-corrected chi connectivity index (χ0v) is 17.6. The normalized spacial score (nSPS) is 22.2. The number of nitrogens with one attached hydrogen (secondary N) is 2. The van der Waals surface area contributed by atoms with Crippen molar-refractivity contribution in [1.29, 1.82) is 0 Å². The molecule has 4 rings (SSSR count). The maximum absolute atomic E-state index is 12.8. The van der Waals surface area contributed by atoms with Crippen molar-refractivity contribution in [2.75, 3.05) is 5.32 Å². The van der Waals surface area contributed by atoms with E-state index >= 15 is 0 Å². The van der Waals surface area contributed by atoms with Crippen molar-refractivity contribution in [2.24, 2.45) is 11.3 Å². The van der Waals surface area contributed by atoms with Crippen molar-refractivity contribution in [1.82, 2.24) is 5.32 Å². The second kappa shape index (κ2) is 6.27. The fourth-order valence-corrected chi connectivity index (χ4v) is 5.68. The van der Waals surface area contributed by atoms with Gasteiger partial charge in [0.25, 0.3) is 5.91 Å². The molecule has 0 saturated heterocycles. The molecular weight excluding hydrogens is 412 g/mol. The first kappa shape index (κ1) is 17.9. The van der Waals surface area contributed by atoms with Crippen LogP contribution in [0.4, 0.5) is 5.00 Å². The molecule has 0 fully saturated rings. The molecule has 138 valence electrons. The zero-order valence-electron chi connectivity index (χ0n) is 15.1. The minimum Gasteiger partial charge on any atom is -0.508 e. The van der Waals surface area contributed by atoms with Crippen LogP contribution in [0.2, 0.25) is 0 Å². The molecule has 2 atom stereocenters. The van der Waals surface area contributed by atoms with Crippen LogP contribution < -0.4 is 10.6 Å². The van der Waals surface area contributed by atoms with Crippen LogP contribution in [0.3, 0.4) is 0 Å². The molecule has 0 bridgehead atoms. The molecule has 1 aliphatic heterocycles. The Morgan fingerprint density at radius 1 is 1.27 bits per heavy atom. The van der Waals surface area contributed by atoms with E-state index in [9.17, 15) is 9.90 Å². The number of phenolic OH excluding ortho intramolecular Hbond substituents is 1. The highest BCUT2D eigenvalue weighted by atomic mass is 79.9. The summed E-state index contributed by atoms with van der Waals surface area (Å²) in [7, 11) is 0. The van der Waals surface area contributed by atoms with Crippen LogP contribution in [0, 0.1) is 11.3 Å². The molecule has 6 heteroatoms. The lowest BCUT2D eigenvalue weighted by Gasteiger charge is -2.34. The van der Waals surface area contributed by atoms with E-state index in [0.717, 1.165) is 34.3 Å². The first-order valence-electron chi connectivity index (χ1n) is 8.94. The molecule has 4 nitrogen and oxygen atoms in total. The van der Waals surface area contributed by atoms with Gasteiger partial charge in [0.05, 0.1) is 5.56 Å². The lowest BCUT2D eigenvalue weighted by atomic mass is 9.72. The maximum Gasteiger partial charge on any atom is 0.256 e. The second-order valence-corrected chi connectivity index (χ2v) is 10.3. The van der Waals surface area contributed by atoms with Crippen LogP contribution in [0.25, 0.3) is 0 Å². The lowest BCUT2D eigenvalue weighted by Crippen LogP contribution is -2.38. The molecule has 0 radical (unpaired) electrons.